The number of azo groups is 2. The normalized spacial score (nSPS) is 13.2. The van der Waals surface area contributed by atoms with Gasteiger partial charge in [-0.15, -0.1) is 0 Å². The number of rotatable bonds is 12. The van der Waals surface area contributed by atoms with Crippen molar-refractivity contribution in [2.24, 2.45) is 20.5 Å². The summed E-state index contributed by atoms with van der Waals surface area (Å²) in [5.74, 6) is 0. The molecular weight excluding hydrogens is 320 g/mol. The van der Waals surface area contributed by atoms with Crippen LogP contribution >= 0.6 is 0 Å². The van der Waals surface area contributed by atoms with Crippen molar-refractivity contribution in [3.05, 3.63) is 135 Å². The maximum absolute atomic E-state index is 4.17. The first-order chi connectivity index (χ1) is 12.6. The highest BCUT2D eigenvalue weighted by Gasteiger charge is 1.91. The van der Waals surface area contributed by atoms with Crippen LogP contribution in [0.5, 0.6) is 0 Å². The average Bonchev–Trinajstić information content (AvgIpc) is 2.64. The molecule has 0 spiro atoms. The van der Waals surface area contributed by atoms with E-state index in [1.54, 1.807) is 72.9 Å². The summed E-state index contributed by atoms with van der Waals surface area (Å²) in [6.45, 7) is 22.0. The van der Waals surface area contributed by atoms with Crippen molar-refractivity contribution in [3.8, 4) is 0 Å². The predicted octanol–water partition coefficient (Wildman–Crippen LogP) is 7.10. The maximum Gasteiger partial charge on any atom is 0.0857 e. The van der Waals surface area contributed by atoms with Crippen LogP contribution < -0.4 is 0 Å². The molecule has 0 bridgehead atoms. The average molecular weight is 344 g/mol. The molecule has 0 N–H and O–H groups in total. The van der Waals surface area contributed by atoms with Gasteiger partial charge in [-0.2, -0.15) is 20.5 Å². The fraction of sp³-hybridized carbons (Fsp3) is 0. The Balaban J connectivity index is 5.14. The van der Waals surface area contributed by atoms with E-state index in [1.165, 1.54) is 0 Å². The van der Waals surface area contributed by atoms with E-state index in [1.807, 2.05) is 0 Å². The third kappa shape index (κ3) is 11.8. The molecular formula is C22H24N4. The minimum absolute atomic E-state index is 0.441. The standard InChI is InChI=1S/C22H24N4/c1-7-11-15-19(5)23-24-20(6)17-18-22(14-10-4)26-25-21(13-9-3)16-12-8-2/h7-18H,1-6H2/b15-11-,16-12-,18-17-,21-13+,22-14+,24-23?,26-25-. The molecule has 0 aliphatic rings. The largest absolute Gasteiger partial charge is 0.151 e. The highest BCUT2D eigenvalue weighted by atomic mass is 15.1. The quantitative estimate of drug-likeness (QED) is 0.268. The first-order valence-corrected chi connectivity index (χ1v) is 7.70. The molecule has 132 valence electrons. The molecule has 0 aromatic carbocycles. The molecule has 0 fully saturated rings. The van der Waals surface area contributed by atoms with Gasteiger partial charge in [0.25, 0.3) is 0 Å². The van der Waals surface area contributed by atoms with Crippen LogP contribution in [0.15, 0.2) is 156 Å². The lowest BCUT2D eigenvalue weighted by atomic mass is 10.3. The van der Waals surface area contributed by atoms with Crippen molar-refractivity contribution in [1.82, 2.24) is 0 Å². The van der Waals surface area contributed by atoms with E-state index in [9.17, 15) is 0 Å². The lowest BCUT2D eigenvalue weighted by molar-refractivity contribution is 1.11. The fourth-order valence-corrected chi connectivity index (χ4v) is 1.32. The molecule has 4 heteroatoms. The van der Waals surface area contributed by atoms with Crippen LogP contribution in [0, 0.1) is 0 Å². The van der Waals surface area contributed by atoms with Crippen LogP contribution in [0.2, 0.25) is 0 Å². The predicted molar refractivity (Wildman–Crippen MR) is 112 cm³/mol. The molecule has 0 heterocycles. The van der Waals surface area contributed by atoms with E-state index in [0.717, 1.165) is 0 Å². The molecule has 4 nitrogen and oxygen atoms in total. The van der Waals surface area contributed by atoms with Gasteiger partial charge in [0.15, 0.2) is 0 Å². The number of hydrogen-bond donors (Lipinski definition) is 0. The van der Waals surface area contributed by atoms with Crippen LogP contribution in [-0.2, 0) is 0 Å². The Morgan fingerprint density at radius 2 is 0.962 bits per heavy atom. The zero-order chi connectivity index (χ0) is 19.6. The summed E-state index contributed by atoms with van der Waals surface area (Å²) >= 11 is 0. The van der Waals surface area contributed by atoms with Crippen molar-refractivity contribution < 1.29 is 0 Å². The molecule has 0 atom stereocenters. The van der Waals surface area contributed by atoms with E-state index in [4.69, 9.17) is 0 Å². The third-order valence-corrected chi connectivity index (χ3v) is 2.44. The molecule has 0 unspecified atom stereocenters. The van der Waals surface area contributed by atoms with E-state index in [-0.39, 0.29) is 0 Å². The minimum Gasteiger partial charge on any atom is -0.151 e. The van der Waals surface area contributed by atoms with E-state index < -0.39 is 0 Å². The Morgan fingerprint density at radius 3 is 1.46 bits per heavy atom. The second kappa shape index (κ2) is 14.9. The third-order valence-electron chi connectivity index (χ3n) is 2.44. The Labute approximate surface area is 156 Å². The summed E-state index contributed by atoms with van der Waals surface area (Å²) in [5.41, 5.74) is 2.14. The van der Waals surface area contributed by atoms with Crippen molar-refractivity contribution in [2.75, 3.05) is 0 Å². The van der Waals surface area contributed by atoms with Crippen molar-refractivity contribution in [3.63, 3.8) is 0 Å². The minimum atomic E-state index is 0.441. The van der Waals surface area contributed by atoms with Crippen molar-refractivity contribution in [1.29, 1.82) is 0 Å². The molecule has 0 rings (SSSR count). The zero-order valence-electron chi connectivity index (χ0n) is 15.0. The highest BCUT2D eigenvalue weighted by molar-refractivity contribution is 5.29. The van der Waals surface area contributed by atoms with Gasteiger partial charge in [-0.1, -0.05) is 75.9 Å². The summed E-state index contributed by atoms with van der Waals surface area (Å²) in [6, 6.07) is 0. The maximum atomic E-state index is 4.17. The first-order valence-electron chi connectivity index (χ1n) is 7.70. The lowest BCUT2D eigenvalue weighted by Gasteiger charge is -1.94. The molecule has 0 aliphatic heterocycles. The molecule has 0 saturated carbocycles. The zero-order valence-corrected chi connectivity index (χ0v) is 15.0. The van der Waals surface area contributed by atoms with Crippen LogP contribution in [0.1, 0.15) is 0 Å². The first kappa shape index (κ1) is 22.3. The summed E-state index contributed by atoms with van der Waals surface area (Å²) in [5, 5.41) is 16.2. The van der Waals surface area contributed by atoms with Crippen LogP contribution in [0.25, 0.3) is 0 Å². The van der Waals surface area contributed by atoms with Gasteiger partial charge in [-0.25, -0.2) is 0 Å². The molecule has 0 radical (unpaired) electrons. The van der Waals surface area contributed by atoms with Crippen molar-refractivity contribution >= 4 is 0 Å². The molecule has 0 aromatic heterocycles. The van der Waals surface area contributed by atoms with Crippen LogP contribution in [0.3, 0.4) is 0 Å². The van der Waals surface area contributed by atoms with Gasteiger partial charge in [0.1, 0.15) is 0 Å². The number of allylic oxidation sites excluding steroid dienone is 12. The summed E-state index contributed by atoms with van der Waals surface area (Å²) in [4.78, 5) is 0. The molecule has 0 aliphatic carbocycles. The van der Waals surface area contributed by atoms with E-state index in [2.05, 4.69) is 59.9 Å². The molecule has 0 saturated heterocycles. The lowest BCUT2D eigenvalue weighted by Crippen LogP contribution is -1.75. The van der Waals surface area contributed by atoms with E-state index in [0.29, 0.717) is 22.8 Å². The smallest absolute Gasteiger partial charge is 0.0857 e. The number of nitrogens with zero attached hydrogens (tertiary/aromatic N) is 4. The summed E-state index contributed by atoms with van der Waals surface area (Å²) in [6.07, 6.45) is 20.3. The van der Waals surface area contributed by atoms with Gasteiger partial charge in [0.2, 0.25) is 0 Å². The second-order valence-corrected chi connectivity index (χ2v) is 4.56. The Kier molecular flexibility index (Phi) is 12.8. The van der Waals surface area contributed by atoms with Gasteiger partial charge in [0.05, 0.1) is 22.8 Å². The molecule has 26 heavy (non-hydrogen) atoms. The summed E-state index contributed by atoms with van der Waals surface area (Å²) < 4.78 is 0. The molecule has 0 amide bonds. The fourth-order valence-electron chi connectivity index (χ4n) is 1.32. The van der Waals surface area contributed by atoms with Crippen molar-refractivity contribution in [2.45, 2.75) is 0 Å². The molecule has 0 aromatic rings. The Bertz CT molecular complexity index is 751. The van der Waals surface area contributed by atoms with Gasteiger partial charge >= 0.3 is 0 Å². The van der Waals surface area contributed by atoms with Gasteiger partial charge < -0.3 is 0 Å². The Hall–Kier alpha value is -3.66. The second-order valence-electron chi connectivity index (χ2n) is 4.56. The SMILES string of the molecule is C=C/C=C\C(=C)N=NC(=C)\C=C/C(=C\C=C)/N=N\C(\C=C/C=C)=C\C=C. The van der Waals surface area contributed by atoms with Crippen LogP contribution in [0.4, 0.5) is 0 Å². The Morgan fingerprint density at radius 1 is 0.500 bits per heavy atom. The topological polar surface area (TPSA) is 49.4 Å². The highest BCUT2D eigenvalue weighted by Crippen LogP contribution is 2.09. The van der Waals surface area contributed by atoms with Crippen LogP contribution in [-0.4, -0.2) is 0 Å². The van der Waals surface area contributed by atoms with Gasteiger partial charge in [-0.05, 0) is 36.5 Å². The van der Waals surface area contributed by atoms with Gasteiger partial charge in [-0.3, -0.25) is 0 Å². The summed E-state index contributed by atoms with van der Waals surface area (Å²) in [7, 11) is 0. The van der Waals surface area contributed by atoms with Gasteiger partial charge in [0, 0.05) is 0 Å². The number of hydrogen-bond acceptors (Lipinski definition) is 4. The van der Waals surface area contributed by atoms with E-state index >= 15 is 0 Å². The monoisotopic (exact) mass is 344 g/mol.